The number of imidazole rings is 1. The number of carbonyl (C=O) groups excluding carboxylic acids is 1. The van der Waals surface area contributed by atoms with Gasteiger partial charge in [-0.3, -0.25) is 4.79 Å². The van der Waals surface area contributed by atoms with Crippen LogP contribution in [0.5, 0.6) is 0 Å². The second-order valence-electron chi connectivity index (χ2n) is 5.42. The Morgan fingerprint density at radius 3 is 2.45 bits per heavy atom. The van der Waals surface area contributed by atoms with E-state index < -0.39 is 0 Å². The van der Waals surface area contributed by atoms with Gasteiger partial charge in [-0.15, -0.1) is 0 Å². The highest BCUT2D eigenvalue weighted by Crippen LogP contribution is 2.28. The Kier molecular flexibility index (Phi) is 3.92. The van der Waals surface area contributed by atoms with E-state index >= 15 is 0 Å². The van der Waals surface area contributed by atoms with Crippen molar-refractivity contribution in [1.29, 1.82) is 0 Å². The highest BCUT2D eigenvalue weighted by atomic mass is 16.1. The van der Waals surface area contributed by atoms with E-state index in [0.29, 0.717) is 0 Å². The summed E-state index contributed by atoms with van der Waals surface area (Å²) in [6, 6.07) is 18.4. The lowest BCUT2D eigenvalue weighted by molar-refractivity contribution is -0.110. The molecule has 2 atom stereocenters. The highest BCUT2D eigenvalue weighted by molar-refractivity contribution is 5.76. The van der Waals surface area contributed by atoms with E-state index in [0.717, 1.165) is 23.3 Å². The third kappa shape index (κ3) is 2.48. The highest BCUT2D eigenvalue weighted by Gasteiger charge is 2.20. The Balaban J connectivity index is 2.17. The number of carbonyl (C=O) groups is 1. The van der Waals surface area contributed by atoms with Crippen molar-refractivity contribution in [3.8, 4) is 0 Å². The lowest BCUT2D eigenvalue weighted by Gasteiger charge is -2.20. The fourth-order valence-electron chi connectivity index (χ4n) is 2.83. The number of fused-ring (bicyclic) bond motifs is 1. The smallest absolute Gasteiger partial charge is 0.207 e. The molecule has 2 unspecified atom stereocenters. The van der Waals surface area contributed by atoms with Crippen molar-refractivity contribution in [3.63, 3.8) is 0 Å². The second-order valence-corrected chi connectivity index (χ2v) is 5.42. The molecular formula is C18H19N3O. The standard InChI is InChI=1S/C18H19N3O/c1-13(19-12-22)18-20-16-10-6-7-11-17(16)21(18)14(2)15-8-4-3-5-9-15/h3-14H,1-2H3,(H,19,22). The minimum atomic E-state index is -0.143. The van der Waals surface area contributed by atoms with Crippen LogP contribution in [0.25, 0.3) is 11.0 Å². The minimum Gasteiger partial charge on any atom is -0.349 e. The van der Waals surface area contributed by atoms with Crippen LogP contribution < -0.4 is 5.32 Å². The Labute approximate surface area is 129 Å². The van der Waals surface area contributed by atoms with Crippen molar-refractivity contribution in [2.45, 2.75) is 25.9 Å². The van der Waals surface area contributed by atoms with Crippen LogP contribution in [0.15, 0.2) is 54.6 Å². The predicted molar refractivity (Wildman–Crippen MR) is 87.6 cm³/mol. The zero-order chi connectivity index (χ0) is 15.5. The van der Waals surface area contributed by atoms with E-state index in [4.69, 9.17) is 4.98 Å². The Bertz CT molecular complexity index is 779. The Hall–Kier alpha value is -2.62. The van der Waals surface area contributed by atoms with Crippen LogP contribution in [0.2, 0.25) is 0 Å². The molecule has 4 nitrogen and oxygen atoms in total. The SMILES string of the molecule is CC(NC=O)c1nc2ccccc2n1C(C)c1ccccc1. The molecule has 3 rings (SSSR count). The van der Waals surface area contributed by atoms with Crippen molar-refractivity contribution in [3.05, 3.63) is 66.0 Å². The zero-order valence-electron chi connectivity index (χ0n) is 12.7. The Morgan fingerprint density at radius 1 is 1.05 bits per heavy atom. The van der Waals surface area contributed by atoms with Crippen LogP contribution in [0.1, 0.15) is 37.3 Å². The van der Waals surface area contributed by atoms with Gasteiger partial charge in [0.25, 0.3) is 0 Å². The van der Waals surface area contributed by atoms with Crippen LogP contribution in [0, 0.1) is 0 Å². The summed E-state index contributed by atoms with van der Waals surface area (Å²) in [5.74, 6) is 0.865. The summed E-state index contributed by atoms with van der Waals surface area (Å²) in [6.45, 7) is 4.10. The van der Waals surface area contributed by atoms with Gasteiger partial charge in [-0.1, -0.05) is 42.5 Å². The molecule has 4 heteroatoms. The molecule has 0 radical (unpaired) electrons. The van der Waals surface area contributed by atoms with E-state index in [-0.39, 0.29) is 12.1 Å². The molecule has 0 spiro atoms. The second kappa shape index (κ2) is 6.02. The average molecular weight is 293 g/mol. The first-order chi connectivity index (χ1) is 10.7. The number of nitrogens with one attached hydrogen (secondary N) is 1. The van der Waals surface area contributed by atoms with Gasteiger partial charge in [0.15, 0.2) is 0 Å². The molecule has 112 valence electrons. The largest absolute Gasteiger partial charge is 0.349 e. The number of hydrogen-bond acceptors (Lipinski definition) is 2. The molecule has 0 bridgehead atoms. The maximum absolute atomic E-state index is 10.8. The molecule has 2 aromatic carbocycles. The quantitative estimate of drug-likeness (QED) is 0.732. The van der Waals surface area contributed by atoms with E-state index in [1.165, 1.54) is 5.56 Å². The fourth-order valence-corrected chi connectivity index (χ4v) is 2.83. The van der Waals surface area contributed by atoms with Crippen LogP contribution in [-0.4, -0.2) is 16.0 Å². The zero-order valence-corrected chi connectivity index (χ0v) is 12.7. The van der Waals surface area contributed by atoms with Crippen LogP contribution >= 0.6 is 0 Å². The summed E-state index contributed by atoms with van der Waals surface area (Å²) >= 11 is 0. The fraction of sp³-hybridized carbons (Fsp3) is 0.222. The van der Waals surface area contributed by atoms with Gasteiger partial charge in [0.1, 0.15) is 5.82 Å². The van der Waals surface area contributed by atoms with E-state index in [1.54, 1.807) is 0 Å². The number of amides is 1. The molecule has 3 aromatic rings. The van der Waals surface area contributed by atoms with Crippen molar-refractivity contribution in [1.82, 2.24) is 14.9 Å². The molecular weight excluding hydrogens is 274 g/mol. The third-order valence-corrected chi connectivity index (χ3v) is 4.00. The topological polar surface area (TPSA) is 46.9 Å². The molecule has 1 amide bonds. The molecule has 0 aliphatic carbocycles. The number of nitrogens with zero attached hydrogens (tertiary/aromatic N) is 2. The van der Waals surface area contributed by atoms with Crippen molar-refractivity contribution in [2.75, 3.05) is 0 Å². The molecule has 1 N–H and O–H groups in total. The molecule has 1 aromatic heterocycles. The van der Waals surface area contributed by atoms with Crippen LogP contribution in [-0.2, 0) is 4.79 Å². The normalized spacial score (nSPS) is 13.7. The number of para-hydroxylation sites is 2. The average Bonchev–Trinajstić information content (AvgIpc) is 2.95. The predicted octanol–water partition coefficient (Wildman–Crippen LogP) is 3.45. The van der Waals surface area contributed by atoms with Gasteiger partial charge >= 0.3 is 0 Å². The van der Waals surface area contributed by atoms with Gasteiger partial charge in [-0.25, -0.2) is 4.98 Å². The van der Waals surface area contributed by atoms with Gasteiger partial charge in [0.2, 0.25) is 6.41 Å². The first-order valence-electron chi connectivity index (χ1n) is 7.44. The van der Waals surface area contributed by atoms with Gasteiger partial charge in [-0.2, -0.15) is 0 Å². The summed E-state index contributed by atoms with van der Waals surface area (Å²) in [7, 11) is 0. The minimum absolute atomic E-state index is 0.138. The van der Waals surface area contributed by atoms with Crippen molar-refractivity contribution < 1.29 is 4.79 Å². The van der Waals surface area contributed by atoms with Crippen molar-refractivity contribution in [2.24, 2.45) is 0 Å². The van der Waals surface area contributed by atoms with Gasteiger partial charge in [0.05, 0.1) is 23.1 Å². The van der Waals surface area contributed by atoms with Crippen LogP contribution in [0.4, 0.5) is 0 Å². The molecule has 0 fully saturated rings. The summed E-state index contributed by atoms with van der Waals surface area (Å²) < 4.78 is 2.20. The maximum Gasteiger partial charge on any atom is 0.207 e. The molecule has 0 saturated carbocycles. The van der Waals surface area contributed by atoms with Gasteiger partial charge < -0.3 is 9.88 Å². The summed E-state index contributed by atoms with van der Waals surface area (Å²) in [4.78, 5) is 15.5. The van der Waals surface area contributed by atoms with Gasteiger partial charge in [-0.05, 0) is 31.5 Å². The third-order valence-electron chi connectivity index (χ3n) is 4.00. The molecule has 1 heterocycles. The summed E-state index contributed by atoms with van der Waals surface area (Å²) in [6.07, 6.45) is 0.724. The summed E-state index contributed by atoms with van der Waals surface area (Å²) in [5.41, 5.74) is 3.23. The number of rotatable bonds is 5. The number of benzene rings is 2. The monoisotopic (exact) mass is 293 g/mol. The first-order valence-corrected chi connectivity index (χ1v) is 7.44. The summed E-state index contributed by atoms with van der Waals surface area (Å²) in [5, 5.41) is 2.81. The van der Waals surface area contributed by atoms with E-state index in [9.17, 15) is 4.79 Å². The molecule has 0 saturated heterocycles. The molecule has 0 aliphatic rings. The lowest BCUT2D eigenvalue weighted by Crippen LogP contribution is -2.22. The number of aromatic nitrogens is 2. The Morgan fingerprint density at radius 2 is 1.73 bits per heavy atom. The molecule has 22 heavy (non-hydrogen) atoms. The molecule has 0 aliphatic heterocycles. The lowest BCUT2D eigenvalue weighted by atomic mass is 10.1. The van der Waals surface area contributed by atoms with E-state index in [1.807, 2.05) is 43.3 Å². The van der Waals surface area contributed by atoms with Crippen LogP contribution in [0.3, 0.4) is 0 Å². The number of hydrogen-bond donors (Lipinski definition) is 1. The van der Waals surface area contributed by atoms with E-state index in [2.05, 4.69) is 35.0 Å². The van der Waals surface area contributed by atoms with Crippen molar-refractivity contribution >= 4 is 17.4 Å². The maximum atomic E-state index is 10.8. The first kappa shape index (κ1) is 14.3. The van der Waals surface area contributed by atoms with Gasteiger partial charge in [0, 0.05) is 0 Å².